The largest absolute Gasteiger partial charge is 0.330 e. The summed E-state index contributed by atoms with van der Waals surface area (Å²) in [5.41, 5.74) is 6.08. The number of nitrogens with one attached hydrogen (secondary N) is 1. The minimum Gasteiger partial charge on any atom is -0.330 e. The SMILES string of the molecule is CN(CC(=O)NC(=O)c1ccccc1)CC(C)(C)CN. The molecule has 0 unspecified atom stereocenters. The molecule has 5 heteroatoms. The molecule has 0 saturated carbocycles. The van der Waals surface area contributed by atoms with Gasteiger partial charge in [-0.15, -0.1) is 0 Å². The van der Waals surface area contributed by atoms with Gasteiger partial charge in [0.2, 0.25) is 5.91 Å². The summed E-state index contributed by atoms with van der Waals surface area (Å²) in [5.74, 6) is -0.684. The van der Waals surface area contributed by atoms with Crippen LogP contribution in [0.3, 0.4) is 0 Å². The molecule has 0 saturated heterocycles. The monoisotopic (exact) mass is 277 g/mol. The van der Waals surface area contributed by atoms with Gasteiger partial charge in [0.1, 0.15) is 0 Å². The van der Waals surface area contributed by atoms with E-state index in [4.69, 9.17) is 5.73 Å². The number of hydrogen-bond acceptors (Lipinski definition) is 4. The van der Waals surface area contributed by atoms with Gasteiger partial charge in [0.15, 0.2) is 0 Å². The second kappa shape index (κ2) is 7.17. The maximum Gasteiger partial charge on any atom is 0.257 e. The molecular formula is C15H23N3O2. The fraction of sp³-hybridized carbons (Fsp3) is 0.467. The molecule has 110 valence electrons. The number of imide groups is 1. The van der Waals surface area contributed by atoms with Crippen LogP contribution in [-0.4, -0.2) is 43.4 Å². The topological polar surface area (TPSA) is 75.4 Å². The third kappa shape index (κ3) is 5.50. The number of nitrogens with zero attached hydrogens (tertiary/aromatic N) is 1. The van der Waals surface area contributed by atoms with Crippen LogP contribution >= 0.6 is 0 Å². The molecule has 0 radical (unpaired) electrons. The fourth-order valence-electron chi connectivity index (χ4n) is 1.92. The summed E-state index contributed by atoms with van der Waals surface area (Å²) < 4.78 is 0. The van der Waals surface area contributed by atoms with E-state index in [0.717, 1.165) is 0 Å². The number of hydrogen-bond donors (Lipinski definition) is 2. The Hall–Kier alpha value is -1.72. The Balaban J connectivity index is 2.46. The minimum atomic E-state index is -0.373. The molecule has 0 aliphatic heterocycles. The predicted octanol–water partition coefficient (Wildman–Crippen LogP) is 0.860. The lowest BCUT2D eigenvalue weighted by molar-refractivity contribution is -0.121. The van der Waals surface area contributed by atoms with E-state index < -0.39 is 0 Å². The molecule has 1 aromatic carbocycles. The summed E-state index contributed by atoms with van der Waals surface area (Å²) in [7, 11) is 1.84. The first-order valence-corrected chi connectivity index (χ1v) is 6.62. The number of rotatable bonds is 6. The van der Waals surface area contributed by atoms with Crippen molar-refractivity contribution >= 4 is 11.8 Å². The van der Waals surface area contributed by atoms with Crippen molar-refractivity contribution in [2.75, 3.05) is 26.7 Å². The van der Waals surface area contributed by atoms with E-state index in [-0.39, 0.29) is 23.8 Å². The van der Waals surface area contributed by atoms with Crippen molar-refractivity contribution in [3.63, 3.8) is 0 Å². The molecule has 0 aliphatic carbocycles. The average molecular weight is 277 g/mol. The van der Waals surface area contributed by atoms with Crippen molar-refractivity contribution in [1.29, 1.82) is 0 Å². The van der Waals surface area contributed by atoms with Crippen LogP contribution in [0.4, 0.5) is 0 Å². The smallest absolute Gasteiger partial charge is 0.257 e. The van der Waals surface area contributed by atoms with E-state index in [9.17, 15) is 9.59 Å². The van der Waals surface area contributed by atoms with E-state index in [1.54, 1.807) is 24.3 Å². The lowest BCUT2D eigenvalue weighted by Gasteiger charge is -2.28. The molecule has 0 bridgehead atoms. The molecule has 0 heterocycles. The highest BCUT2D eigenvalue weighted by Crippen LogP contribution is 2.13. The fourth-order valence-corrected chi connectivity index (χ4v) is 1.92. The van der Waals surface area contributed by atoms with Gasteiger partial charge < -0.3 is 5.73 Å². The van der Waals surface area contributed by atoms with Crippen molar-refractivity contribution in [2.45, 2.75) is 13.8 Å². The number of benzene rings is 1. The second-order valence-electron chi connectivity index (χ2n) is 5.78. The number of nitrogens with two attached hydrogens (primary N) is 1. The highest BCUT2D eigenvalue weighted by molar-refractivity contribution is 6.05. The maximum absolute atomic E-state index is 11.8. The molecular weight excluding hydrogens is 254 g/mol. The lowest BCUT2D eigenvalue weighted by atomic mass is 9.93. The van der Waals surface area contributed by atoms with Crippen molar-refractivity contribution < 1.29 is 9.59 Å². The van der Waals surface area contributed by atoms with E-state index >= 15 is 0 Å². The van der Waals surface area contributed by atoms with E-state index in [0.29, 0.717) is 18.7 Å². The van der Waals surface area contributed by atoms with Crippen LogP contribution in [0.2, 0.25) is 0 Å². The van der Waals surface area contributed by atoms with Crippen LogP contribution in [0, 0.1) is 5.41 Å². The van der Waals surface area contributed by atoms with Gasteiger partial charge in [0, 0.05) is 12.1 Å². The Labute approximate surface area is 120 Å². The van der Waals surface area contributed by atoms with Gasteiger partial charge in [-0.2, -0.15) is 0 Å². The third-order valence-electron chi connectivity index (χ3n) is 2.95. The summed E-state index contributed by atoms with van der Waals surface area (Å²) in [5, 5.41) is 2.38. The minimum absolute atomic E-state index is 0.0571. The molecule has 5 nitrogen and oxygen atoms in total. The molecule has 20 heavy (non-hydrogen) atoms. The Morgan fingerprint density at radius 1 is 1.25 bits per heavy atom. The number of carbonyl (C=O) groups excluding carboxylic acids is 2. The summed E-state index contributed by atoms with van der Waals surface area (Å²) in [6, 6.07) is 8.68. The van der Waals surface area contributed by atoms with Crippen LogP contribution in [0.25, 0.3) is 0 Å². The molecule has 0 fully saturated rings. The van der Waals surface area contributed by atoms with Gasteiger partial charge in [-0.3, -0.25) is 19.8 Å². The summed E-state index contributed by atoms with van der Waals surface area (Å²) >= 11 is 0. The normalized spacial score (nSPS) is 11.4. The van der Waals surface area contributed by atoms with Gasteiger partial charge in [0.05, 0.1) is 6.54 Å². The quantitative estimate of drug-likeness (QED) is 0.808. The standard InChI is InChI=1S/C15H23N3O2/c1-15(2,10-16)11-18(3)9-13(19)17-14(20)12-7-5-4-6-8-12/h4-8H,9-11,16H2,1-3H3,(H,17,19,20). The molecule has 1 rings (SSSR count). The third-order valence-corrected chi connectivity index (χ3v) is 2.95. The van der Waals surface area contributed by atoms with Crippen molar-refractivity contribution in [3.8, 4) is 0 Å². The van der Waals surface area contributed by atoms with Gasteiger partial charge >= 0.3 is 0 Å². The Bertz CT molecular complexity index is 457. The van der Waals surface area contributed by atoms with Crippen LogP contribution in [0.15, 0.2) is 30.3 Å². The molecule has 2 amide bonds. The van der Waals surface area contributed by atoms with Gasteiger partial charge in [-0.25, -0.2) is 0 Å². The van der Waals surface area contributed by atoms with Crippen LogP contribution in [0.1, 0.15) is 24.2 Å². The van der Waals surface area contributed by atoms with Gasteiger partial charge in [-0.1, -0.05) is 32.0 Å². The summed E-state index contributed by atoms with van der Waals surface area (Å²) in [6.07, 6.45) is 0. The maximum atomic E-state index is 11.8. The van der Waals surface area contributed by atoms with E-state index in [1.807, 2.05) is 31.9 Å². The summed E-state index contributed by atoms with van der Waals surface area (Å²) in [6.45, 7) is 5.48. The first-order valence-electron chi connectivity index (χ1n) is 6.62. The Morgan fingerprint density at radius 3 is 2.40 bits per heavy atom. The number of likely N-dealkylation sites (N-methyl/N-ethyl adjacent to an activating group) is 1. The zero-order valence-corrected chi connectivity index (χ0v) is 12.3. The first kappa shape index (κ1) is 16.3. The number of amides is 2. The Kier molecular flexibility index (Phi) is 5.85. The van der Waals surface area contributed by atoms with Gasteiger partial charge in [0.25, 0.3) is 5.91 Å². The van der Waals surface area contributed by atoms with Gasteiger partial charge in [-0.05, 0) is 31.1 Å². The zero-order chi connectivity index (χ0) is 15.2. The van der Waals surface area contributed by atoms with Crippen LogP contribution in [0.5, 0.6) is 0 Å². The highest BCUT2D eigenvalue weighted by Gasteiger charge is 2.20. The van der Waals surface area contributed by atoms with Crippen molar-refractivity contribution in [1.82, 2.24) is 10.2 Å². The second-order valence-corrected chi connectivity index (χ2v) is 5.78. The predicted molar refractivity (Wildman–Crippen MR) is 79.2 cm³/mol. The van der Waals surface area contributed by atoms with Crippen molar-refractivity contribution in [2.24, 2.45) is 11.1 Å². The Morgan fingerprint density at radius 2 is 1.85 bits per heavy atom. The molecule has 3 N–H and O–H groups in total. The molecule has 0 spiro atoms. The zero-order valence-electron chi connectivity index (χ0n) is 12.3. The summed E-state index contributed by atoms with van der Waals surface area (Å²) in [4.78, 5) is 25.5. The van der Waals surface area contributed by atoms with Crippen molar-refractivity contribution in [3.05, 3.63) is 35.9 Å². The molecule has 0 aliphatic rings. The molecule has 0 atom stereocenters. The number of carbonyl (C=O) groups is 2. The van der Waals surface area contributed by atoms with Crippen LogP contribution < -0.4 is 11.1 Å². The molecule has 1 aromatic rings. The highest BCUT2D eigenvalue weighted by atomic mass is 16.2. The van der Waals surface area contributed by atoms with E-state index in [2.05, 4.69) is 5.32 Å². The first-order chi connectivity index (χ1) is 9.34. The van der Waals surface area contributed by atoms with Crippen LogP contribution in [-0.2, 0) is 4.79 Å². The average Bonchev–Trinajstić information content (AvgIpc) is 2.38. The molecule has 0 aromatic heterocycles. The lowest BCUT2D eigenvalue weighted by Crippen LogP contribution is -2.43. The van der Waals surface area contributed by atoms with E-state index in [1.165, 1.54) is 0 Å².